The highest BCUT2D eigenvalue weighted by atomic mass is 16.6. The third kappa shape index (κ3) is 5.04. The monoisotopic (exact) mass is 343 g/mol. The molecule has 0 spiro atoms. The minimum Gasteiger partial charge on any atom is -0.457 e. The molecule has 6 heteroatoms. The lowest BCUT2D eigenvalue weighted by atomic mass is 10.1. The van der Waals surface area contributed by atoms with E-state index in [0.29, 0.717) is 5.69 Å². The molecule has 0 bridgehead atoms. The molecule has 1 heterocycles. The van der Waals surface area contributed by atoms with E-state index in [9.17, 15) is 9.59 Å². The zero-order valence-electron chi connectivity index (χ0n) is 14.7. The number of hydrogen-bond acceptors (Lipinski definition) is 6. The lowest BCUT2D eigenvalue weighted by Crippen LogP contribution is -2.27. The first-order chi connectivity index (χ1) is 11.7. The van der Waals surface area contributed by atoms with Gasteiger partial charge in [-0.2, -0.15) is 0 Å². The van der Waals surface area contributed by atoms with Crippen LogP contribution >= 0.6 is 0 Å². The van der Waals surface area contributed by atoms with Gasteiger partial charge in [0.25, 0.3) is 0 Å². The molecule has 0 aliphatic carbocycles. The summed E-state index contributed by atoms with van der Waals surface area (Å²) in [5.41, 5.74) is 0.657. The molecule has 132 valence electrons. The van der Waals surface area contributed by atoms with Crippen LogP contribution in [0.15, 0.2) is 53.1 Å². The number of carbonyl (C=O) groups excluding carboxylic acids is 2. The molecule has 1 aromatic carbocycles. The van der Waals surface area contributed by atoms with Crippen molar-refractivity contribution in [3.8, 4) is 11.3 Å². The molecule has 2 rings (SSSR count). The van der Waals surface area contributed by atoms with Crippen LogP contribution in [0.25, 0.3) is 11.3 Å². The largest absolute Gasteiger partial charge is 0.457 e. The third-order valence-electron chi connectivity index (χ3n) is 3.12. The van der Waals surface area contributed by atoms with Crippen LogP contribution < -0.4 is 0 Å². The molecule has 0 amide bonds. The highest BCUT2D eigenvalue weighted by Crippen LogP contribution is 2.30. The molecule has 0 saturated heterocycles. The van der Waals surface area contributed by atoms with Gasteiger partial charge in [-0.15, -0.1) is 0 Å². The van der Waals surface area contributed by atoms with Gasteiger partial charge in [-0.25, -0.2) is 4.79 Å². The summed E-state index contributed by atoms with van der Waals surface area (Å²) >= 11 is 0. The SMILES string of the molecule is C=C(C(=O)OC(C)(C)C)C(OC(C)=O)c1cc(-c2ccccc2)no1. The van der Waals surface area contributed by atoms with Crippen LogP contribution in [0.3, 0.4) is 0 Å². The van der Waals surface area contributed by atoms with E-state index in [0.717, 1.165) is 5.56 Å². The minimum absolute atomic E-state index is 0.0408. The summed E-state index contributed by atoms with van der Waals surface area (Å²) in [7, 11) is 0. The Morgan fingerprint density at radius 2 is 1.84 bits per heavy atom. The van der Waals surface area contributed by atoms with Crippen molar-refractivity contribution in [1.29, 1.82) is 0 Å². The topological polar surface area (TPSA) is 78.6 Å². The summed E-state index contributed by atoms with van der Waals surface area (Å²) in [6, 6.07) is 11.0. The standard InChI is InChI=1S/C19H21NO5/c1-12(18(22)24-19(3,4)5)17(23-13(2)21)16-11-15(20-25-16)14-9-7-6-8-10-14/h6-11,17H,1H2,2-5H3. The Bertz CT molecular complexity index is 771. The number of benzene rings is 1. The summed E-state index contributed by atoms with van der Waals surface area (Å²) in [6.07, 6.45) is -1.10. The molecule has 0 saturated carbocycles. The predicted octanol–water partition coefficient (Wildman–Crippen LogP) is 3.84. The second-order valence-electron chi connectivity index (χ2n) is 6.50. The summed E-state index contributed by atoms with van der Waals surface area (Å²) in [5, 5.41) is 3.97. The van der Waals surface area contributed by atoms with E-state index in [1.165, 1.54) is 6.92 Å². The number of carbonyl (C=O) groups is 2. The van der Waals surface area contributed by atoms with Gasteiger partial charge >= 0.3 is 11.9 Å². The summed E-state index contributed by atoms with van der Waals surface area (Å²) in [4.78, 5) is 23.7. The quantitative estimate of drug-likeness (QED) is 0.606. The zero-order chi connectivity index (χ0) is 18.6. The maximum atomic E-state index is 12.3. The van der Waals surface area contributed by atoms with Crippen molar-refractivity contribution in [2.45, 2.75) is 39.4 Å². The molecule has 0 aliphatic heterocycles. The fourth-order valence-electron chi connectivity index (χ4n) is 2.08. The number of esters is 2. The average Bonchev–Trinajstić information content (AvgIpc) is 3.00. The summed E-state index contributed by atoms with van der Waals surface area (Å²) < 4.78 is 15.8. The number of aromatic nitrogens is 1. The lowest BCUT2D eigenvalue weighted by Gasteiger charge is -2.22. The predicted molar refractivity (Wildman–Crippen MR) is 91.4 cm³/mol. The Balaban J connectivity index is 2.29. The molecule has 0 fully saturated rings. The van der Waals surface area contributed by atoms with Crippen molar-refractivity contribution in [2.24, 2.45) is 0 Å². The first-order valence-electron chi connectivity index (χ1n) is 7.79. The summed E-state index contributed by atoms with van der Waals surface area (Å²) in [6.45, 7) is 10.2. The van der Waals surface area contributed by atoms with Gasteiger partial charge in [0.2, 0.25) is 0 Å². The molecule has 1 aromatic heterocycles. The first-order valence-corrected chi connectivity index (χ1v) is 7.79. The second-order valence-corrected chi connectivity index (χ2v) is 6.50. The molecule has 25 heavy (non-hydrogen) atoms. The van der Waals surface area contributed by atoms with Crippen molar-refractivity contribution >= 4 is 11.9 Å². The Morgan fingerprint density at radius 1 is 1.20 bits per heavy atom. The van der Waals surface area contributed by atoms with Crippen molar-refractivity contribution in [3.63, 3.8) is 0 Å². The van der Waals surface area contributed by atoms with E-state index in [1.807, 2.05) is 30.3 Å². The molecular weight excluding hydrogens is 322 g/mol. The maximum Gasteiger partial charge on any atom is 0.338 e. The van der Waals surface area contributed by atoms with Gasteiger partial charge in [-0.3, -0.25) is 4.79 Å². The van der Waals surface area contributed by atoms with Gasteiger partial charge < -0.3 is 14.0 Å². The van der Waals surface area contributed by atoms with Crippen LogP contribution in [0.1, 0.15) is 39.6 Å². The Morgan fingerprint density at radius 3 is 2.40 bits per heavy atom. The van der Waals surface area contributed by atoms with Crippen LogP contribution in [0.4, 0.5) is 0 Å². The van der Waals surface area contributed by atoms with Crippen LogP contribution in [0.5, 0.6) is 0 Å². The van der Waals surface area contributed by atoms with Gasteiger partial charge in [0.05, 0.1) is 5.57 Å². The first kappa shape index (κ1) is 18.4. The molecular formula is C19H21NO5. The summed E-state index contributed by atoms with van der Waals surface area (Å²) in [5.74, 6) is -1.05. The van der Waals surface area contributed by atoms with Gasteiger partial charge in [0.1, 0.15) is 11.3 Å². The van der Waals surface area contributed by atoms with Gasteiger partial charge in [-0.1, -0.05) is 42.1 Å². The highest BCUT2D eigenvalue weighted by Gasteiger charge is 2.31. The van der Waals surface area contributed by atoms with E-state index in [4.69, 9.17) is 14.0 Å². The second kappa shape index (κ2) is 7.34. The van der Waals surface area contributed by atoms with Crippen molar-refractivity contribution in [2.75, 3.05) is 0 Å². The lowest BCUT2D eigenvalue weighted by molar-refractivity contribution is -0.154. The van der Waals surface area contributed by atoms with E-state index in [1.54, 1.807) is 26.8 Å². The molecule has 0 aliphatic rings. The van der Waals surface area contributed by atoms with Crippen LogP contribution in [0.2, 0.25) is 0 Å². The van der Waals surface area contributed by atoms with Gasteiger partial charge in [-0.05, 0) is 20.8 Å². The van der Waals surface area contributed by atoms with Crippen LogP contribution in [0, 0.1) is 0 Å². The van der Waals surface area contributed by atoms with Gasteiger partial charge in [0.15, 0.2) is 11.9 Å². The molecule has 0 radical (unpaired) electrons. The molecule has 0 N–H and O–H groups in total. The van der Waals surface area contributed by atoms with Crippen LogP contribution in [-0.4, -0.2) is 22.7 Å². The Hall–Kier alpha value is -2.89. The van der Waals surface area contributed by atoms with Crippen LogP contribution in [-0.2, 0) is 19.1 Å². The molecule has 6 nitrogen and oxygen atoms in total. The van der Waals surface area contributed by atoms with Gasteiger partial charge in [0, 0.05) is 18.6 Å². The number of hydrogen-bond donors (Lipinski definition) is 0. The highest BCUT2D eigenvalue weighted by molar-refractivity contribution is 5.89. The third-order valence-corrected chi connectivity index (χ3v) is 3.12. The molecule has 1 unspecified atom stereocenters. The average molecular weight is 343 g/mol. The number of ether oxygens (including phenoxy) is 2. The Labute approximate surface area is 146 Å². The van der Waals surface area contributed by atoms with E-state index < -0.39 is 23.6 Å². The van der Waals surface area contributed by atoms with E-state index >= 15 is 0 Å². The van der Waals surface area contributed by atoms with Crippen molar-refractivity contribution in [3.05, 3.63) is 54.3 Å². The maximum absolute atomic E-state index is 12.3. The Kier molecular flexibility index (Phi) is 5.41. The smallest absolute Gasteiger partial charge is 0.338 e. The normalized spacial score (nSPS) is 12.3. The fourth-order valence-corrected chi connectivity index (χ4v) is 2.08. The van der Waals surface area contributed by atoms with E-state index in [-0.39, 0.29) is 11.3 Å². The number of nitrogens with zero attached hydrogens (tertiary/aromatic N) is 1. The fraction of sp³-hybridized carbons (Fsp3) is 0.316. The minimum atomic E-state index is -1.10. The van der Waals surface area contributed by atoms with Crippen molar-refractivity contribution in [1.82, 2.24) is 5.16 Å². The van der Waals surface area contributed by atoms with E-state index in [2.05, 4.69) is 11.7 Å². The zero-order valence-corrected chi connectivity index (χ0v) is 14.7. The van der Waals surface area contributed by atoms with Crippen molar-refractivity contribution < 1.29 is 23.6 Å². The molecule has 1 atom stereocenters. The number of rotatable bonds is 5. The molecule has 2 aromatic rings.